The number of esters is 1. The zero-order valence-electron chi connectivity index (χ0n) is 15.5. The lowest BCUT2D eigenvalue weighted by atomic mass is 10.1. The van der Waals surface area contributed by atoms with Gasteiger partial charge in [0.1, 0.15) is 5.75 Å². The molecule has 1 N–H and O–H groups in total. The van der Waals surface area contributed by atoms with Crippen LogP contribution in [0.1, 0.15) is 11.1 Å². The molecule has 0 radical (unpaired) electrons. The fraction of sp³-hybridized carbons (Fsp3) is 0.300. The van der Waals surface area contributed by atoms with E-state index in [1.807, 2.05) is 63.2 Å². The summed E-state index contributed by atoms with van der Waals surface area (Å²) in [5, 5.41) is 2.68. The number of benzene rings is 2. The topological polar surface area (TPSA) is 67.9 Å². The number of hydrogen-bond donors (Lipinski definition) is 1. The van der Waals surface area contributed by atoms with Crippen molar-refractivity contribution >= 4 is 23.3 Å². The van der Waals surface area contributed by atoms with Crippen LogP contribution < -0.4 is 15.0 Å². The van der Waals surface area contributed by atoms with Gasteiger partial charge in [0.2, 0.25) is 0 Å². The van der Waals surface area contributed by atoms with Gasteiger partial charge in [0.25, 0.3) is 5.91 Å². The van der Waals surface area contributed by atoms with Gasteiger partial charge in [-0.2, -0.15) is 0 Å². The largest absolute Gasteiger partial charge is 0.482 e. The number of carbonyl (C=O) groups is 2. The molecule has 0 unspecified atom stereocenters. The van der Waals surface area contributed by atoms with Gasteiger partial charge in [-0.15, -0.1) is 0 Å². The number of anilines is 2. The Bertz CT molecular complexity index is 750. The quantitative estimate of drug-likeness (QED) is 0.773. The van der Waals surface area contributed by atoms with Crippen LogP contribution in [0.4, 0.5) is 11.4 Å². The van der Waals surface area contributed by atoms with E-state index in [-0.39, 0.29) is 13.2 Å². The van der Waals surface area contributed by atoms with Crippen LogP contribution in [-0.4, -0.2) is 39.2 Å². The van der Waals surface area contributed by atoms with E-state index >= 15 is 0 Å². The summed E-state index contributed by atoms with van der Waals surface area (Å²) < 4.78 is 10.3. The molecule has 0 spiro atoms. The molecule has 0 bridgehead atoms. The van der Waals surface area contributed by atoms with E-state index in [4.69, 9.17) is 9.47 Å². The van der Waals surface area contributed by atoms with Crippen LogP contribution >= 0.6 is 0 Å². The highest BCUT2D eigenvalue weighted by atomic mass is 16.6. The van der Waals surface area contributed by atoms with E-state index in [1.165, 1.54) is 0 Å². The molecule has 2 aromatic rings. The molecule has 1 amide bonds. The molecule has 0 aliphatic carbocycles. The van der Waals surface area contributed by atoms with Crippen molar-refractivity contribution in [1.82, 2.24) is 0 Å². The first-order valence-corrected chi connectivity index (χ1v) is 8.27. The Morgan fingerprint density at radius 2 is 1.58 bits per heavy atom. The third kappa shape index (κ3) is 6.12. The first-order valence-electron chi connectivity index (χ1n) is 8.27. The SMILES string of the molecule is Cc1cc(C)cc(OCC(=O)OCC(=O)Nc2ccc(N(C)C)cc2)c1. The number of amides is 1. The molecule has 0 aliphatic heterocycles. The van der Waals surface area contributed by atoms with Crippen molar-refractivity contribution in [3.63, 3.8) is 0 Å². The summed E-state index contributed by atoms with van der Waals surface area (Å²) in [7, 11) is 3.88. The van der Waals surface area contributed by atoms with Gasteiger partial charge in [0.15, 0.2) is 13.2 Å². The summed E-state index contributed by atoms with van der Waals surface area (Å²) in [6.07, 6.45) is 0. The van der Waals surface area contributed by atoms with E-state index in [2.05, 4.69) is 5.32 Å². The van der Waals surface area contributed by atoms with E-state index in [0.29, 0.717) is 11.4 Å². The lowest BCUT2D eigenvalue weighted by molar-refractivity contribution is -0.149. The molecular formula is C20H24N2O4. The minimum Gasteiger partial charge on any atom is -0.482 e. The van der Waals surface area contributed by atoms with Gasteiger partial charge in [0.05, 0.1) is 0 Å². The van der Waals surface area contributed by atoms with Crippen LogP contribution in [0.5, 0.6) is 5.75 Å². The molecule has 6 heteroatoms. The maximum atomic E-state index is 11.9. The van der Waals surface area contributed by atoms with Crippen molar-refractivity contribution in [1.29, 1.82) is 0 Å². The standard InChI is InChI=1S/C20H24N2O4/c1-14-9-15(2)11-18(10-14)25-13-20(24)26-12-19(23)21-16-5-7-17(8-6-16)22(3)4/h5-11H,12-13H2,1-4H3,(H,21,23). The zero-order valence-corrected chi connectivity index (χ0v) is 15.5. The van der Waals surface area contributed by atoms with Crippen LogP contribution in [0.15, 0.2) is 42.5 Å². The summed E-state index contributed by atoms with van der Waals surface area (Å²) in [6, 6.07) is 13.0. The monoisotopic (exact) mass is 356 g/mol. The summed E-state index contributed by atoms with van der Waals surface area (Å²) in [6.45, 7) is 3.30. The van der Waals surface area contributed by atoms with Crippen molar-refractivity contribution in [2.24, 2.45) is 0 Å². The Morgan fingerprint density at radius 3 is 2.15 bits per heavy atom. The molecule has 26 heavy (non-hydrogen) atoms. The number of hydrogen-bond acceptors (Lipinski definition) is 5. The number of aryl methyl sites for hydroxylation is 2. The van der Waals surface area contributed by atoms with Crippen LogP contribution in [0.2, 0.25) is 0 Å². The molecule has 0 saturated carbocycles. The van der Waals surface area contributed by atoms with Crippen molar-refractivity contribution in [2.75, 3.05) is 37.5 Å². The molecule has 138 valence electrons. The summed E-state index contributed by atoms with van der Waals surface area (Å²) in [5.74, 6) is -0.394. The number of rotatable bonds is 7. The second-order valence-corrected chi connectivity index (χ2v) is 6.26. The van der Waals surface area contributed by atoms with Crippen molar-refractivity contribution in [3.8, 4) is 5.75 Å². The molecule has 0 aromatic heterocycles. The molecule has 0 atom stereocenters. The van der Waals surface area contributed by atoms with E-state index < -0.39 is 11.9 Å². The normalized spacial score (nSPS) is 10.2. The molecule has 2 aromatic carbocycles. The second-order valence-electron chi connectivity index (χ2n) is 6.26. The highest BCUT2D eigenvalue weighted by molar-refractivity contribution is 5.93. The van der Waals surface area contributed by atoms with E-state index in [9.17, 15) is 9.59 Å². The summed E-state index contributed by atoms with van der Waals surface area (Å²) in [5.41, 5.74) is 3.77. The maximum absolute atomic E-state index is 11.9. The summed E-state index contributed by atoms with van der Waals surface area (Å²) >= 11 is 0. The lowest BCUT2D eigenvalue weighted by Gasteiger charge is -2.13. The predicted octanol–water partition coefficient (Wildman–Crippen LogP) is 2.93. The maximum Gasteiger partial charge on any atom is 0.344 e. The minimum atomic E-state index is -0.595. The Morgan fingerprint density at radius 1 is 0.962 bits per heavy atom. The first-order chi connectivity index (χ1) is 12.3. The smallest absolute Gasteiger partial charge is 0.344 e. The Balaban J connectivity index is 1.75. The third-order valence-electron chi connectivity index (χ3n) is 3.58. The van der Waals surface area contributed by atoms with Gasteiger partial charge in [-0.25, -0.2) is 4.79 Å². The third-order valence-corrected chi connectivity index (χ3v) is 3.58. The number of carbonyl (C=O) groups excluding carboxylic acids is 2. The average Bonchev–Trinajstić information content (AvgIpc) is 2.58. The molecule has 0 aliphatic rings. The van der Waals surface area contributed by atoms with Gasteiger partial charge in [-0.05, 0) is 61.4 Å². The van der Waals surface area contributed by atoms with Gasteiger partial charge < -0.3 is 19.7 Å². The molecule has 0 saturated heterocycles. The number of nitrogens with zero attached hydrogens (tertiary/aromatic N) is 1. The molecule has 0 fully saturated rings. The fourth-order valence-corrected chi connectivity index (χ4v) is 2.39. The number of ether oxygens (including phenoxy) is 2. The van der Waals surface area contributed by atoms with Crippen LogP contribution in [0, 0.1) is 13.8 Å². The summed E-state index contributed by atoms with van der Waals surface area (Å²) in [4.78, 5) is 25.6. The predicted molar refractivity (Wildman–Crippen MR) is 102 cm³/mol. The Kier molecular flexibility index (Phi) is 6.60. The zero-order chi connectivity index (χ0) is 19.1. The van der Waals surface area contributed by atoms with E-state index in [1.54, 1.807) is 12.1 Å². The molecule has 0 heterocycles. The second kappa shape index (κ2) is 8.89. The molecule has 2 rings (SSSR count). The highest BCUT2D eigenvalue weighted by Gasteiger charge is 2.09. The van der Waals surface area contributed by atoms with Crippen molar-refractivity contribution in [2.45, 2.75) is 13.8 Å². The van der Waals surface area contributed by atoms with Gasteiger partial charge >= 0.3 is 5.97 Å². The van der Waals surface area contributed by atoms with Crippen LogP contribution in [-0.2, 0) is 14.3 Å². The van der Waals surface area contributed by atoms with Gasteiger partial charge in [-0.1, -0.05) is 6.07 Å². The Hall–Kier alpha value is -3.02. The lowest BCUT2D eigenvalue weighted by Crippen LogP contribution is -2.23. The molecular weight excluding hydrogens is 332 g/mol. The van der Waals surface area contributed by atoms with Crippen molar-refractivity contribution < 1.29 is 19.1 Å². The van der Waals surface area contributed by atoms with Gasteiger partial charge in [0, 0.05) is 25.5 Å². The van der Waals surface area contributed by atoms with Crippen LogP contribution in [0.25, 0.3) is 0 Å². The minimum absolute atomic E-state index is 0.242. The van der Waals surface area contributed by atoms with E-state index in [0.717, 1.165) is 16.8 Å². The Labute approximate surface area is 153 Å². The number of nitrogens with one attached hydrogen (secondary N) is 1. The fourth-order valence-electron chi connectivity index (χ4n) is 2.39. The van der Waals surface area contributed by atoms with Crippen LogP contribution in [0.3, 0.4) is 0 Å². The van der Waals surface area contributed by atoms with Gasteiger partial charge in [-0.3, -0.25) is 4.79 Å². The highest BCUT2D eigenvalue weighted by Crippen LogP contribution is 2.16. The average molecular weight is 356 g/mol. The molecule has 6 nitrogen and oxygen atoms in total. The first kappa shape index (κ1) is 19.3. The van der Waals surface area contributed by atoms with Crippen molar-refractivity contribution in [3.05, 3.63) is 53.6 Å².